The van der Waals surface area contributed by atoms with Gasteiger partial charge in [-0.3, -0.25) is 9.78 Å². The summed E-state index contributed by atoms with van der Waals surface area (Å²) in [5.41, 5.74) is 1.08. The number of nitrogens with one attached hydrogen (secondary N) is 2. The van der Waals surface area contributed by atoms with Gasteiger partial charge in [0.25, 0.3) is 5.91 Å². The second kappa shape index (κ2) is 10.1. The summed E-state index contributed by atoms with van der Waals surface area (Å²) in [6, 6.07) is 6.13. The number of rotatable bonds is 8. The van der Waals surface area contributed by atoms with Gasteiger partial charge in [-0.05, 0) is 43.9 Å². The van der Waals surface area contributed by atoms with Crippen molar-refractivity contribution < 1.29 is 23.1 Å². The molecule has 1 amide bonds. The van der Waals surface area contributed by atoms with Crippen LogP contribution in [0.1, 0.15) is 35.3 Å². The van der Waals surface area contributed by atoms with Crippen LogP contribution in [0.4, 0.5) is 0 Å². The van der Waals surface area contributed by atoms with E-state index in [-0.39, 0.29) is 29.2 Å². The van der Waals surface area contributed by atoms with Gasteiger partial charge in [-0.2, -0.15) is 0 Å². The quantitative estimate of drug-likeness (QED) is 0.560. The number of hydrogen-bond acceptors (Lipinski definition) is 7. The van der Waals surface area contributed by atoms with Crippen LogP contribution in [0.25, 0.3) is 0 Å². The van der Waals surface area contributed by atoms with E-state index in [1.807, 2.05) is 13.0 Å². The van der Waals surface area contributed by atoms with Gasteiger partial charge in [0, 0.05) is 18.9 Å². The second-order valence-corrected chi connectivity index (χ2v) is 8.95. The summed E-state index contributed by atoms with van der Waals surface area (Å²) in [4.78, 5) is 20.0. The number of aryl methyl sites for hydroxylation is 1. The summed E-state index contributed by atoms with van der Waals surface area (Å²) in [7, 11) is -3.71. The Labute approximate surface area is 176 Å². The lowest BCUT2D eigenvalue weighted by atomic mass is 9.98. The van der Waals surface area contributed by atoms with Gasteiger partial charge in [0.15, 0.2) is 0 Å². The highest BCUT2D eigenvalue weighted by molar-refractivity contribution is 7.89. The van der Waals surface area contributed by atoms with Crippen LogP contribution in [0.3, 0.4) is 0 Å². The Morgan fingerprint density at radius 3 is 2.83 bits per heavy atom. The molecule has 0 unspecified atom stereocenters. The summed E-state index contributed by atoms with van der Waals surface area (Å²) in [5, 5.41) is 12.5. The molecular weight excluding hydrogens is 408 g/mol. The maximum absolute atomic E-state index is 12.7. The Balaban J connectivity index is 1.51. The first-order valence-corrected chi connectivity index (χ1v) is 11.3. The summed E-state index contributed by atoms with van der Waals surface area (Å²) in [6.07, 6.45) is 5.16. The highest BCUT2D eigenvalue weighted by Gasteiger charge is 2.33. The van der Waals surface area contributed by atoms with Crippen molar-refractivity contribution in [3.63, 3.8) is 0 Å². The van der Waals surface area contributed by atoms with Gasteiger partial charge in [0.2, 0.25) is 10.0 Å². The fraction of sp³-hybridized carbons (Fsp3) is 0.450. The van der Waals surface area contributed by atoms with E-state index in [2.05, 4.69) is 20.0 Å². The highest BCUT2D eigenvalue weighted by atomic mass is 32.2. The number of sulfonamides is 1. The van der Waals surface area contributed by atoms with Crippen molar-refractivity contribution in [1.29, 1.82) is 0 Å². The first kappa shape index (κ1) is 22.3. The molecule has 10 heteroatoms. The molecule has 1 saturated heterocycles. The lowest BCUT2D eigenvalue weighted by Crippen LogP contribution is -2.51. The minimum absolute atomic E-state index is 0.188. The number of carbonyl (C=O) groups is 1. The van der Waals surface area contributed by atoms with Crippen LogP contribution >= 0.6 is 0 Å². The summed E-state index contributed by atoms with van der Waals surface area (Å²) < 4.78 is 33.9. The van der Waals surface area contributed by atoms with Crippen molar-refractivity contribution in [2.24, 2.45) is 0 Å². The van der Waals surface area contributed by atoms with E-state index in [4.69, 9.17) is 4.74 Å². The average Bonchev–Trinajstić information content (AvgIpc) is 2.75. The van der Waals surface area contributed by atoms with Crippen LogP contribution in [0, 0.1) is 6.92 Å². The minimum Gasteiger partial charge on any atom is -0.394 e. The van der Waals surface area contributed by atoms with Crippen LogP contribution in [-0.4, -0.2) is 60.8 Å². The van der Waals surface area contributed by atoms with Crippen molar-refractivity contribution in [3.05, 3.63) is 54.1 Å². The van der Waals surface area contributed by atoms with Gasteiger partial charge in [-0.1, -0.05) is 12.1 Å². The fourth-order valence-corrected chi connectivity index (χ4v) is 4.79. The number of carbonyl (C=O) groups excluding carboxylic acids is 1. The van der Waals surface area contributed by atoms with E-state index in [0.717, 1.165) is 5.56 Å². The Bertz CT molecular complexity index is 955. The van der Waals surface area contributed by atoms with Gasteiger partial charge in [-0.25, -0.2) is 18.1 Å². The molecule has 0 saturated carbocycles. The first-order valence-electron chi connectivity index (χ1n) is 9.78. The largest absolute Gasteiger partial charge is 0.394 e. The van der Waals surface area contributed by atoms with Gasteiger partial charge < -0.3 is 15.2 Å². The standard InChI is InChI=1S/C20H26N4O5S/c1-14-3-2-4-16(11-14)30(27,28)24-17-6-5-15(29-19(17)13-25)7-8-23-20(26)18-12-21-9-10-22-18/h2-4,9-12,15,17,19,24-25H,5-8,13H2,1H3,(H,23,26)/t15-,17+,19-/m1/s1. The van der Waals surface area contributed by atoms with Gasteiger partial charge in [-0.15, -0.1) is 0 Å². The van der Waals surface area contributed by atoms with Crippen molar-refractivity contribution in [1.82, 2.24) is 20.0 Å². The Kier molecular flexibility index (Phi) is 7.48. The van der Waals surface area contributed by atoms with Gasteiger partial charge >= 0.3 is 0 Å². The molecule has 1 aliphatic heterocycles. The van der Waals surface area contributed by atoms with Crippen LogP contribution in [0.2, 0.25) is 0 Å². The van der Waals surface area contributed by atoms with E-state index in [1.165, 1.54) is 24.7 Å². The highest BCUT2D eigenvalue weighted by Crippen LogP contribution is 2.23. The van der Waals surface area contributed by atoms with Crippen molar-refractivity contribution in [2.45, 2.75) is 49.3 Å². The molecule has 0 aliphatic carbocycles. The predicted molar refractivity (Wildman–Crippen MR) is 109 cm³/mol. The van der Waals surface area contributed by atoms with E-state index < -0.39 is 22.2 Å². The number of aliphatic hydroxyl groups excluding tert-OH is 1. The summed E-state index contributed by atoms with van der Waals surface area (Å²) in [6.45, 7) is 1.90. The molecule has 0 radical (unpaired) electrons. The lowest BCUT2D eigenvalue weighted by molar-refractivity contribution is -0.0871. The summed E-state index contributed by atoms with van der Waals surface area (Å²) in [5.74, 6) is -0.318. The zero-order valence-corrected chi connectivity index (χ0v) is 17.5. The zero-order valence-electron chi connectivity index (χ0n) is 16.7. The third kappa shape index (κ3) is 5.82. The second-order valence-electron chi connectivity index (χ2n) is 7.24. The van der Waals surface area contributed by atoms with E-state index in [9.17, 15) is 18.3 Å². The minimum atomic E-state index is -3.71. The number of amides is 1. The van der Waals surface area contributed by atoms with Crippen LogP contribution in [0.5, 0.6) is 0 Å². The van der Waals surface area contributed by atoms with Crippen molar-refractivity contribution in [3.8, 4) is 0 Å². The maximum atomic E-state index is 12.7. The molecule has 1 aliphatic rings. The normalized spacial score (nSPS) is 21.9. The number of aliphatic hydroxyl groups is 1. The van der Waals surface area contributed by atoms with Crippen LogP contribution < -0.4 is 10.0 Å². The molecule has 30 heavy (non-hydrogen) atoms. The molecule has 0 spiro atoms. The van der Waals surface area contributed by atoms with Crippen LogP contribution in [-0.2, 0) is 14.8 Å². The topological polar surface area (TPSA) is 131 Å². The maximum Gasteiger partial charge on any atom is 0.271 e. The van der Waals surface area contributed by atoms with Gasteiger partial charge in [0.05, 0.1) is 35.9 Å². The van der Waals surface area contributed by atoms with E-state index in [0.29, 0.717) is 25.8 Å². The smallest absolute Gasteiger partial charge is 0.271 e. The molecule has 1 aromatic carbocycles. The average molecular weight is 435 g/mol. The molecule has 1 aromatic heterocycles. The first-order chi connectivity index (χ1) is 14.4. The molecule has 162 valence electrons. The zero-order chi connectivity index (χ0) is 21.6. The fourth-order valence-electron chi connectivity index (χ4n) is 3.38. The number of aromatic nitrogens is 2. The molecule has 3 rings (SSSR count). The predicted octanol–water partition coefficient (Wildman–Crippen LogP) is 0.792. The number of nitrogens with zero attached hydrogens (tertiary/aromatic N) is 2. The third-order valence-electron chi connectivity index (χ3n) is 4.95. The van der Waals surface area contributed by atoms with E-state index in [1.54, 1.807) is 12.1 Å². The number of ether oxygens (including phenoxy) is 1. The molecular formula is C20H26N4O5S. The molecule has 0 bridgehead atoms. The monoisotopic (exact) mass is 434 g/mol. The Morgan fingerprint density at radius 2 is 2.13 bits per heavy atom. The molecule has 2 aromatic rings. The molecule has 9 nitrogen and oxygen atoms in total. The molecule has 3 atom stereocenters. The third-order valence-corrected chi connectivity index (χ3v) is 6.44. The van der Waals surface area contributed by atoms with Crippen molar-refractivity contribution in [2.75, 3.05) is 13.2 Å². The van der Waals surface area contributed by atoms with Crippen molar-refractivity contribution >= 4 is 15.9 Å². The SMILES string of the molecule is Cc1cccc(S(=O)(=O)N[C@H]2CC[C@H](CCNC(=O)c3cnccn3)O[C@@H]2CO)c1. The van der Waals surface area contributed by atoms with Crippen LogP contribution in [0.15, 0.2) is 47.8 Å². The number of benzene rings is 1. The molecule has 1 fully saturated rings. The van der Waals surface area contributed by atoms with E-state index >= 15 is 0 Å². The van der Waals surface area contributed by atoms with Gasteiger partial charge in [0.1, 0.15) is 5.69 Å². The Morgan fingerprint density at radius 1 is 1.30 bits per heavy atom. The lowest BCUT2D eigenvalue weighted by Gasteiger charge is -2.36. The molecule has 3 N–H and O–H groups in total. The molecule has 2 heterocycles. The summed E-state index contributed by atoms with van der Waals surface area (Å²) >= 11 is 0. The Hall–Kier alpha value is -2.40. The number of hydrogen-bond donors (Lipinski definition) is 3.